The summed E-state index contributed by atoms with van der Waals surface area (Å²) >= 11 is 0. The number of aliphatic hydroxyl groups is 1. The second kappa shape index (κ2) is 10.6. The molecule has 1 amide bonds. The molecule has 4 nitrogen and oxygen atoms in total. The topological polar surface area (TPSA) is 58.6 Å². The highest BCUT2D eigenvalue weighted by molar-refractivity contribution is 5.76. The minimum Gasteiger partial charge on any atom is -0.497 e. The number of carbonyl (C=O) groups excluding carboxylic acids is 1. The van der Waals surface area contributed by atoms with E-state index in [2.05, 4.69) is 41.7 Å². The number of ether oxygens (including phenoxy) is 1. The number of hydrogen-bond donors (Lipinski definition) is 2. The van der Waals surface area contributed by atoms with Gasteiger partial charge in [-0.25, -0.2) is 0 Å². The molecule has 0 aliphatic rings. The Bertz CT molecular complexity index is 869. The number of benzene rings is 3. The van der Waals surface area contributed by atoms with Crippen LogP contribution in [0.15, 0.2) is 84.9 Å². The zero-order chi connectivity index (χ0) is 21.2. The van der Waals surface area contributed by atoms with Gasteiger partial charge >= 0.3 is 0 Å². The Morgan fingerprint density at radius 3 is 1.87 bits per heavy atom. The number of nitrogens with one attached hydrogen (secondary N) is 1. The van der Waals surface area contributed by atoms with E-state index in [9.17, 15) is 4.79 Å². The first kappa shape index (κ1) is 21.6. The molecular weight excluding hydrogens is 374 g/mol. The average Bonchev–Trinajstić information content (AvgIpc) is 2.81. The van der Waals surface area contributed by atoms with Gasteiger partial charge in [-0.05, 0) is 41.7 Å². The molecule has 3 aromatic rings. The molecule has 0 saturated carbocycles. The zero-order valence-corrected chi connectivity index (χ0v) is 17.4. The van der Waals surface area contributed by atoms with E-state index >= 15 is 0 Å². The van der Waals surface area contributed by atoms with E-state index in [1.54, 1.807) is 7.11 Å². The highest BCUT2D eigenvalue weighted by Crippen LogP contribution is 2.39. The summed E-state index contributed by atoms with van der Waals surface area (Å²) in [6.07, 6.45) is 1.71. The Labute approximate surface area is 178 Å². The third kappa shape index (κ3) is 4.89. The molecule has 0 radical (unpaired) electrons. The Kier molecular flexibility index (Phi) is 7.63. The number of rotatable bonds is 10. The van der Waals surface area contributed by atoms with Crippen molar-refractivity contribution in [3.05, 3.63) is 102 Å². The maximum atomic E-state index is 12.5. The summed E-state index contributed by atoms with van der Waals surface area (Å²) in [6, 6.07) is 28.6. The van der Waals surface area contributed by atoms with Gasteiger partial charge in [-0.3, -0.25) is 4.79 Å². The van der Waals surface area contributed by atoms with E-state index in [4.69, 9.17) is 9.84 Å². The number of aliphatic hydroxyl groups excluding tert-OH is 1. The van der Waals surface area contributed by atoms with Crippen LogP contribution >= 0.6 is 0 Å². The summed E-state index contributed by atoms with van der Waals surface area (Å²) in [5.74, 6) is 0.787. The minimum atomic E-state index is -0.540. The van der Waals surface area contributed by atoms with Crippen molar-refractivity contribution < 1.29 is 14.6 Å². The molecule has 0 fully saturated rings. The summed E-state index contributed by atoms with van der Waals surface area (Å²) in [7, 11) is 1.66. The lowest BCUT2D eigenvalue weighted by Gasteiger charge is -2.36. The maximum absolute atomic E-state index is 12.5. The summed E-state index contributed by atoms with van der Waals surface area (Å²) < 4.78 is 5.36. The van der Waals surface area contributed by atoms with Gasteiger partial charge in [0.05, 0.1) is 12.5 Å². The number of unbranched alkanes of at least 4 members (excludes halogenated alkanes) is 1. The van der Waals surface area contributed by atoms with Crippen LogP contribution in [0.3, 0.4) is 0 Å². The first-order valence-electron chi connectivity index (χ1n) is 10.3. The van der Waals surface area contributed by atoms with Gasteiger partial charge in [-0.1, -0.05) is 72.8 Å². The fourth-order valence-corrected chi connectivity index (χ4v) is 3.84. The quantitative estimate of drug-likeness (QED) is 0.392. The van der Waals surface area contributed by atoms with Crippen molar-refractivity contribution in [3.8, 4) is 5.75 Å². The standard InChI is InChI=1S/C26H29NO3/c1-30-24-17-15-23(16-18-24)26(21-10-4-2-5-11-21,22-12-6-3-7-13-22)20-27-25(29)14-8-9-19-28/h2-7,10-13,15-18,28H,8-9,14,19-20H2,1H3,(H,27,29). The fourth-order valence-electron chi connectivity index (χ4n) is 3.84. The smallest absolute Gasteiger partial charge is 0.220 e. The molecule has 3 rings (SSSR count). The molecule has 4 heteroatoms. The van der Waals surface area contributed by atoms with E-state index in [1.165, 1.54) is 0 Å². The molecule has 0 bridgehead atoms. The van der Waals surface area contributed by atoms with Gasteiger partial charge < -0.3 is 15.2 Å². The Balaban J connectivity index is 2.06. The fraction of sp³-hybridized carbons (Fsp3) is 0.269. The second-order valence-corrected chi connectivity index (χ2v) is 7.32. The van der Waals surface area contributed by atoms with E-state index in [1.807, 2.05) is 48.5 Å². The molecule has 0 aliphatic carbocycles. The van der Waals surface area contributed by atoms with Crippen LogP contribution in [0.25, 0.3) is 0 Å². The molecule has 30 heavy (non-hydrogen) atoms. The number of amides is 1. The molecule has 0 aliphatic heterocycles. The van der Waals surface area contributed by atoms with Crippen LogP contribution in [0.1, 0.15) is 36.0 Å². The van der Waals surface area contributed by atoms with Gasteiger partial charge in [0.15, 0.2) is 0 Å². The average molecular weight is 404 g/mol. The van der Waals surface area contributed by atoms with Crippen molar-refractivity contribution in [2.45, 2.75) is 24.7 Å². The lowest BCUT2D eigenvalue weighted by Crippen LogP contribution is -2.42. The third-order valence-corrected chi connectivity index (χ3v) is 5.48. The highest BCUT2D eigenvalue weighted by atomic mass is 16.5. The largest absolute Gasteiger partial charge is 0.497 e. The molecule has 156 valence electrons. The van der Waals surface area contributed by atoms with Gasteiger partial charge in [-0.2, -0.15) is 0 Å². The van der Waals surface area contributed by atoms with Gasteiger partial charge in [0.1, 0.15) is 5.75 Å². The van der Waals surface area contributed by atoms with Crippen LogP contribution in [0.5, 0.6) is 5.75 Å². The molecule has 0 heterocycles. The molecule has 0 atom stereocenters. The SMILES string of the molecule is COc1ccc(C(CNC(=O)CCCCO)(c2ccccc2)c2ccccc2)cc1. The summed E-state index contributed by atoms with van der Waals surface area (Å²) in [4.78, 5) is 12.5. The Hall–Kier alpha value is -3.11. The van der Waals surface area contributed by atoms with Crippen molar-refractivity contribution in [1.82, 2.24) is 5.32 Å². The molecule has 0 spiro atoms. The van der Waals surface area contributed by atoms with E-state index in [0.717, 1.165) is 22.4 Å². The van der Waals surface area contributed by atoms with Gasteiger partial charge in [0, 0.05) is 19.6 Å². The number of hydrogen-bond acceptors (Lipinski definition) is 3. The van der Waals surface area contributed by atoms with Crippen LogP contribution in [-0.2, 0) is 10.2 Å². The summed E-state index contributed by atoms with van der Waals surface area (Å²) in [5.41, 5.74) is 2.76. The Morgan fingerprint density at radius 2 is 1.37 bits per heavy atom. The minimum absolute atomic E-state index is 0.00630. The molecule has 0 saturated heterocycles. The van der Waals surface area contributed by atoms with Crippen molar-refractivity contribution in [2.75, 3.05) is 20.3 Å². The van der Waals surface area contributed by atoms with Crippen molar-refractivity contribution in [2.24, 2.45) is 0 Å². The summed E-state index contributed by atoms with van der Waals surface area (Å²) in [5, 5.41) is 12.1. The van der Waals surface area contributed by atoms with Gasteiger partial charge in [-0.15, -0.1) is 0 Å². The van der Waals surface area contributed by atoms with Crippen LogP contribution in [0, 0.1) is 0 Å². The summed E-state index contributed by atoms with van der Waals surface area (Å²) in [6.45, 7) is 0.544. The van der Waals surface area contributed by atoms with Gasteiger partial charge in [0.2, 0.25) is 5.91 Å². The highest BCUT2D eigenvalue weighted by Gasteiger charge is 2.36. The van der Waals surface area contributed by atoms with E-state index in [-0.39, 0.29) is 12.5 Å². The van der Waals surface area contributed by atoms with E-state index in [0.29, 0.717) is 25.8 Å². The van der Waals surface area contributed by atoms with Crippen molar-refractivity contribution in [3.63, 3.8) is 0 Å². The van der Waals surface area contributed by atoms with Crippen molar-refractivity contribution in [1.29, 1.82) is 0 Å². The number of carbonyl (C=O) groups is 1. The van der Waals surface area contributed by atoms with Crippen LogP contribution in [0.4, 0.5) is 0 Å². The second-order valence-electron chi connectivity index (χ2n) is 7.32. The molecule has 2 N–H and O–H groups in total. The predicted molar refractivity (Wildman–Crippen MR) is 120 cm³/mol. The van der Waals surface area contributed by atoms with E-state index < -0.39 is 5.41 Å². The first-order valence-corrected chi connectivity index (χ1v) is 10.3. The molecule has 0 unspecified atom stereocenters. The van der Waals surface area contributed by atoms with Crippen LogP contribution in [0.2, 0.25) is 0 Å². The molecular formula is C26H29NO3. The van der Waals surface area contributed by atoms with Crippen molar-refractivity contribution >= 4 is 5.91 Å². The zero-order valence-electron chi connectivity index (χ0n) is 17.4. The Morgan fingerprint density at radius 1 is 0.833 bits per heavy atom. The van der Waals surface area contributed by atoms with Crippen LogP contribution < -0.4 is 10.1 Å². The number of methoxy groups -OCH3 is 1. The molecule has 0 aromatic heterocycles. The first-order chi connectivity index (χ1) is 14.7. The van der Waals surface area contributed by atoms with Gasteiger partial charge in [0.25, 0.3) is 0 Å². The lowest BCUT2D eigenvalue weighted by molar-refractivity contribution is -0.121. The normalized spacial score (nSPS) is 11.1. The third-order valence-electron chi connectivity index (χ3n) is 5.48. The predicted octanol–water partition coefficient (Wildman–Crippen LogP) is 4.31. The van der Waals surface area contributed by atoms with Crippen LogP contribution in [-0.4, -0.2) is 31.3 Å². The maximum Gasteiger partial charge on any atom is 0.220 e. The monoisotopic (exact) mass is 403 g/mol. The molecule has 3 aromatic carbocycles. The lowest BCUT2D eigenvalue weighted by atomic mass is 9.69.